The number of hydrogen-bond acceptors (Lipinski definition) is 8. The molecule has 13 heteroatoms. The highest BCUT2D eigenvalue weighted by atomic mass is 35.5. The van der Waals surface area contributed by atoms with Gasteiger partial charge in [0.2, 0.25) is 11.2 Å². The van der Waals surface area contributed by atoms with Crippen molar-refractivity contribution in [2.45, 2.75) is 64.0 Å². The number of aromatic nitrogens is 2. The van der Waals surface area contributed by atoms with Crippen LogP contribution in [-0.2, 0) is 4.74 Å². The van der Waals surface area contributed by atoms with Gasteiger partial charge in [0.1, 0.15) is 16.6 Å². The van der Waals surface area contributed by atoms with Crippen LogP contribution in [-0.4, -0.2) is 45.2 Å². The number of hydrogen-bond donors (Lipinski definition) is 2. The smallest absolute Gasteiger partial charge is 0.348 e. The minimum absolute atomic E-state index is 0.0367. The lowest BCUT2D eigenvalue weighted by atomic mass is 9.92. The molecule has 2 rings (SSSR count). The second-order valence-electron chi connectivity index (χ2n) is 7.29. The lowest BCUT2D eigenvalue weighted by Crippen LogP contribution is -2.28. The van der Waals surface area contributed by atoms with Crippen molar-refractivity contribution in [2.75, 3.05) is 11.9 Å². The highest BCUT2D eigenvalue weighted by Gasteiger charge is 2.35. The van der Waals surface area contributed by atoms with Gasteiger partial charge < -0.3 is 15.8 Å². The predicted octanol–water partition coefficient (Wildman–Crippen LogP) is 4.43. The van der Waals surface area contributed by atoms with Crippen LogP contribution >= 0.6 is 23.2 Å². The van der Waals surface area contributed by atoms with Crippen molar-refractivity contribution >= 4 is 34.7 Å². The molecule has 1 fully saturated rings. The summed E-state index contributed by atoms with van der Waals surface area (Å²) in [5, 5.41) is 14.8. The van der Waals surface area contributed by atoms with Crippen LogP contribution in [0.2, 0.25) is 10.3 Å². The van der Waals surface area contributed by atoms with E-state index >= 15 is 0 Å². The molecule has 172 valence electrons. The van der Waals surface area contributed by atoms with E-state index in [1.54, 1.807) is 0 Å². The fraction of sp³-hybridized carbons (Fsp3) is 0.611. The summed E-state index contributed by atoms with van der Waals surface area (Å²) in [6.07, 6.45) is 1.53. The molecule has 1 aromatic rings. The largest absolute Gasteiger partial charge is 0.474 e. The van der Waals surface area contributed by atoms with Crippen LogP contribution in [0, 0.1) is 10.1 Å². The highest BCUT2D eigenvalue weighted by molar-refractivity contribution is 6.33. The summed E-state index contributed by atoms with van der Waals surface area (Å²) in [4.78, 5) is 22.8. The maximum atomic E-state index is 13.3. The molecular weight excluding hydrogens is 457 g/mol. The summed E-state index contributed by atoms with van der Waals surface area (Å²) in [6.45, 7) is 3.32. The molecule has 0 saturated heterocycles. The van der Waals surface area contributed by atoms with Gasteiger partial charge in [-0.2, -0.15) is 4.98 Å². The Morgan fingerprint density at radius 2 is 2.13 bits per heavy atom. The zero-order valence-corrected chi connectivity index (χ0v) is 18.6. The van der Waals surface area contributed by atoms with Crippen LogP contribution in [0.5, 0.6) is 0 Å². The molecule has 0 aliphatic heterocycles. The summed E-state index contributed by atoms with van der Waals surface area (Å²) >= 11 is 11.7. The number of allylic oxidation sites excluding steroid dienone is 1. The summed E-state index contributed by atoms with van der Waals surface area (Å²) in [5.74, 6) is -2.73. The third-order valence-electron chi connectivity index (χ3n) is 4.73. The van der Waals surface area contributed by atoms with Crippen molar-refractivity contribution in [3.05, 3.63) is 38.2 Å². The van der Waals surface area contributed by atoms with E-state index in [4.69, 9.17) is 33.7 Å². The van der Waals surface area contributed by atoms with E-state index < -0.39 is 22.6 Å². The quantitative estimate of drug-likeness (QED) is 0.176. The summed E-state index contributed by atoms with van der Waals surface area (Å²) in [6, 6.07) is -0.579. The lowest BCUT2D eigenvalue weighted by molar-refractivity contribution is -0.418. The second kappa shape index (κ2) is 10.9. The average molecular weight is 481 g/mol. The zero-order valence-electron chi connectivity index (χ0n) is 17.1. The molecule has 0 aromatic carbocycles. The molecule has 9 nitrogen and oxygen atoms in total. The molecule has 1 heterocycles. The van der Waals surface area contributed by atoms with E-state index in [1.807, 2.05) is 6.92 Å². The number of rotatable bonds is 9. The number of aliphatic imine (C=N–C) groups is 1. The summed E-state index contributed by atoms with van der Waals surface area (Å²) in [5.41, 5.74) is 5.36. The first-order valence-electron chi connectivity index (χ1n) is 9.62. The minimum Gasteiger partial charge on any atom is -0.474 e. The normalized spacial score (nSPS) is 18.8. The van der Waals surface area contributed by atoms with E-state index in [-0.39, 0.29) is 55.2 Å². The Kier molecular flexibility index (Phi) is 8.75. The fourth-order valence-electron chi connectivity index (χ4n) is 3.06. The summed E-state index contributed by atoms with van der Waals surface area (Å²) < 4.78 is 31.9. The number of anilines is 1. The molecule has 0 unspecified atom stereocenters. The predicted molar refractivity (Wildman–Crippen MR) is 114 cm³/mol. The maximum Gasteiger partial charge on any atom is 0.348 e. The Bertz CT molecular complexity index is 859. The molecule has 0 spiro atoms. The number of ether oxygens (including phenoxy) is 1. The third kappa shape index (κ3) is 7.73. The Balaban J connectivity index is 1.96. The molecule has 0 radical (unpaired) electrons. The maximum absolute atomic E-state index is 13.3. The van der Waals surface area contributed by atoms with Crippen molar-refractivity contribution in [1.29, 1.82) is 0 Å². The van der Waals surface area contributed by atoms with Crippen molar-refractivity contribution in [3.63, 3.8) is 0 Å². The number of nitrogens with two attached hydrogens (primary N) is 1. The van der Waals surface area contributed by atoms with Gasteiger partial charge in [-0.15, -0.1) is 0 Å². The Morgan fingerprint density at radius 1 is 1.48 bits per heavy atom. The molecule has 1 aliphatic rings. The molecule has 0 amide bonds. The molecule has 3 N–H and O–H groups in total. The van der Waals surface area contributed by atoms with Gasteiger partial charge in [0, 0.05) is 25.3 Å². The molecule has 0 bridgehead atoms. The fourth-order valence-corrected chi connectivity index (χ4v) is 3.33. The average Bonchev–Trinajstić information content (AvgIpc) is 2.66. The molecular formula is C18H24Cl2F2N6O3. The van der Waals surface area contributed by atoms with E-state index in [1.165, 1.54) is 13.1 Å². The number of nitro groups is 1. The topological polar surface area (TPSA) is 129 Å². The molecule has 1 aromatic heterocycles. The van der Waals surface area contributed by atoms with Crippen LogP contribution in [0.15, 0.2) is 22.8 Å². The van der Waals surface area contributed by atoms with E-state index in [2.05, 4.69) is 20.3 Å². The van der Waals surface area contributed by atoms with Gasteiger partial charge in [-0.05, 0) is 38.3 Å². The number of halogens is 4. The van der Waals surface area contributed by atoms with Gasteiger partial charge in [-0.1, -0.05) is 11.6 Å². The SMILES string of the molecule is CC(=NC1CCC(F)(F)CC1)C(=C(N)OCC[C@@H](C)Nc1nc(Cl)ncc1Cl)[N+](=O)[O-]. The Hall–Kier alpha value is -2.27. The number of alkyl halides is 2. The summed E-state index contributed by atoms with van der Waals surface area (Å²) in [7, 11) is 0. The van der Waals surface area contributed by atoms with Crippen molar-refractivity contribution < 1.29 is 18.4 Å². The van der Waals surface area contributed by atoms with Crippen molar-refractivity contribution in [1.82, 2.24) is 9.97 Å². The van der Waals surface area contributed by atoms with Crippen molar-refractivity contribution in [2.24, 2.45) is 10.7 Å². The number of nitrogens with zero attached hydrogens (tertiary/aromatic N) is 4. The van der Waals surface area contributed by atoms with Gasteiger partial charge in [0.25, 0.3) is 5.88 Å². The molecule has 1 atom stereocenters. The number of nitrogens with one attached hydrogen (secondary N) is 1. The van der Waals surface area contributed by atoms with Crippen LogP contribution in [0.25, 0.3) is 0 Å². The standard InChI is InChI=1S/C18H24Cl2F2N6O3/c1-10(25-16-13(19)9-24-17(20)27-16)5-8-31-15(23)14(28(29)30)11(2)26-12-3-6-18(21,22)7-4-12/h9-10,12H,3-8,23H2,1-2H3,(H,24,25,27)/t10-/m1/s1. The van der Waals surface area contributed by atoms with Gasteiger partial charge in [-0.25, -0.2) is 13.8 Å². The van der Waals surface area contributed by atoms with Gasteiger partial charge in [0.15, 0.2) is 0 Å². The molecule has 1 saturated carbocycles. The second-order valence-corrected chi connectivity index (χ2v) is 8.03. The van der Waals surface area contributed by atoms with Crippen LogP contribution in [0.4, 0.5) is 14.6 Å². The van der Waals surface area contributed by atoms with Crippen LogP contribution in [0.3, 0.4) is 0 Å². The van der Waals surface area contributed by atoms with Gasteiger partial charge in [0.05, 0.1) is 23.8 Å². The van der Waals surface area contributed by atoms with Gasteiger partial charge >= 0.3 is 5.70 Å². The third-order valence-corrected chi connectivity index (χ3v) is 5.19. The molecule has 31 heavy (non-hydrogen) atoms. The Labute approximate surface area is 188 Å². The van der Waals surface area contributed by atoms with E-state index in [0.717, 1.165) is 0 Å². The first-order valence-corrected chi connectivity index (χ1v) is 10.4. The monoisotopic (exact) mass is 480 g/mol. The molecule has 1 aliphatic carbocycles. The van der Waals surface area contributed by atoms with Crippen LogP contribution < -0.4 is 11.1 Å². The first-order chi connectivity index (χ1) is 14.5. The van der Waals surface area contributed by atoms with Crippen molar-refractivity contribution in [3.8, 4) is 0 Å². The Morgan fingerprint density at radius 3 is 2.74 bits per heavy atom. The minimum atomic E-state index is -2.70. The lowest BCUT2D eigenvalue weighted by Gasteiger charge is -2.26. The highest BCUT2D eigenvalue weighted by Crippen LogP contribution is 2.34. The van der Waals surface area contributed by atoms with E-state index in [0.29, 0.717) is 17.3 Å². The first kappa shape index (κ1) is 25.0. The zero-order chi connectivity index (χ0) is 23.2. The van der Waals surface area contributed by atoms with Crippen LogP contribution in [0.1, 0.15) is 46.0 Å². The van der Waals surface area contributed by atoms with Gasteiger partial charge in [-0.3, -0.25) is 15.1 Å². The van der Waals surface area contributed by atoms with E-state index in [9.17, 15) is 18.9 Å².